The Hall–Kier alpha value is -1.12. The maximum atomic E-state index is 9.59. The molecule has 0 aliphatic carbocycles. The van der Waals surface area contributed by atoms with Crippen LogP contribution in [0.5, 0.6) is 0 Å². The first-order chi connectivity index (χ1) is 9.71. The van der Waals surface area contributed by atoms with Crippen LogP contribution >= 0.6 is 15.9 Å². The number of benzene rings is 2. The summed E-state index contributed by atoms with van der Waals surface area (Å²) in [6.07, 6.45) is 2.92. The zero-order valence-electron chi connectivity index (χ0n) is 11.8. The lowest BCUT2D eigenvalue weighted by molar-refractivity contribution is 0.225. The van der Waals surface area contributed by atoms with Crippen LogP contribution in [0.15, 0.2) is 53.0 Å². The molecule has 0 heterocycles. The second-order valence-corrected chi connectivity index (χ2v) is 6.17. The van der Waals surface area contributed by atoms with Gasteiger partial charge in [0, 0.05) is 11.1 Å². The molecular weight excluding hydrogens is 312 g/mol. The van der Waals surface area contributed by atoms with Gasteiger partial charge < -0.3 is 5.11 Å². The lowest BCUT2D eigenvalue weighted by atomic mass is 9.93. The van der Waals surface area contributed by atoms with Crippen molar-refractivity contribution in [3.8, 4) is 0 Å². The first-order valence-corrected chi connectivity index (χ1v) is 7.93. The van der Waals surface area contributed by atoms with Gasteiger partial charge in [-0.05, 0) is 54.0 Å². The molecule has 0 aliphatic heterocycles. The summed E-state index contributed by atoms with van der Waals surface area (Å²) in [6, 6.07) is 17.1. The van der Waals surface area contributed by atoms with Crippen LogP contribution in [0.25, 0.3) is 0 Å². The number of halogens is 1. The predicted molar refractivity (Wildman–Crippen MR) is 87.9 cm³/mol. The standard InChI is InChI=1S/C18H21BrO/c1-2-14-3-5-15(6-4-14)11-17(13-20)12-16-7-9-18(19)10-8-16/h3-10,17,20H,2,11-13H2,1H3. The van der Waals surface area contributed by atoms with Crippen molar-refractivity contribution in [2.75, 3.05) is 6.61 Å². The van der Waals surface area contributed by atoms with Crippen LogP contribution in [-0.4, -0.2) is 11.7 Å². The Labute approximate surface area is 129 Å². The van der Waals surface area contributed by atoms with E-state index in [1.807, 2.05) is 0 Å². The highest BCUT2D eigenvalue weighted by Gasteiger charge is 2.10. The molecule has 2 aromatic carbocycles. The predicted octanol–water partition coefficient (Wildman–Crippen LogP) is 4.41. The Morgan fingerprint density at radius 2 is 1.30 bits per heavy atom. The molecule has 0 fully saturated rings. The summed E-state index contributed by atoms with van der Waals surface area (Å²) in [7, 11) is 0. The highest BCUT2D eigenvalue weighted by atomic mass is 79.9. The van der Waals surface area contributed by atoms with Gasteiger partial charge in [-0.1, -0.05) is 59.3 Å². The zero-order chi connectivity index (χ0) is 14.4. The van der Waals surface area contributed by atoms with E-state index < -0.39 is 0 Å². The summed E-state index contributed by atoms with van der Waals surface area (Å²) >= 11 is 3.45. The van der Waals surface area contributed by atoms with Gasteiger partial charge in [0.15, 0.2) is 0 Å². The van der Waals surface area contributed by atoms with Crippen molar-refractivity contribution in [3.63, 3.8) is 0 Å². The molecule has 2 heteroatoms. The molecule has 0 aliphatic rings. The second kappa shape index (κ2) is 7.61. The summed E-state index contributed by atoms with van der Waals surface area (Å²) in [6.45, 7) is 2.39. The molecule has 2 aromatic rings. The maximum absolute atomic E-state index is 9.59. The fourth-order valence-corrected chi connectivity index (χ4v) is 2.66. The minimum absolute atomic E-state index is 0.228. The number of aliphatic hydroxyl groups is 1. The minimum Gasteiger partial charge on any atom is -0.396 e. The molecule has 0 saturated carbocycles. The SMILES string of the molecule is CCc1ccc(CC(CO)Cc2ccc(Br)cc2)cc1. The Kier molecular flexibility index (Phi) is 5.81. The van der Waals surface area contributed by atoms with Crippen molar-refractivity contribution in [2.45, 2.75) is 26.2 Å². The van der Waals surface area contributed by atoms with Crippen molar-refractivity contribution in [1.82, 2.24) is 0 Å². The van der Waals surface area contributed by atoms with E-state index in [2.05, 4.69) is 71.4 Å². The van der Waals surface area contributed by atoms with E-state index in [-0.39, 0.29) is 12.5 Å². The van der Waals surface area contributed by atoms with Crippen molar-refractivity contribution < 1.29 is 5.11 Å². The van der Waals surface area contributed by atoms with Gasteiger partial charge in [-0.2, -0.15) is 0 Å². The molecule has 1 unspecified atom stereocenters. The second-order valence-electron chi connectivity index (χ2n) is 5.25. The Morgan fingerprint density at radius 1 is 0.850 bits per heavy atom. The van der Waals surface area contributed by atoms with Gasteiger partial charge >= 0.3 is 0 Å². The molecule has 20 heavy (non-hydrogen) atoms. The monoisotopic (exact) mass is 332 g/mol. The van der Waals surface area contributed by atoms with Crippen LogP contribution in [0.1, 0.15) is 23.6 Å². The van der Waals surface area contributed by atoms with E-state index in [9.17, 15) is 5.11 Å². The van der Waals surface area contributed by atoms with E-state index >= 15 is 0 Å². The highest BCUT2D eigenvalue weighted by Crippen LogP contribution is 2.17. The lowest BCUT2D eigenvalue weighted by Crippen LogP contribution is -2.13. The molecule has 0 aromatic heterocycles. The number of hydrogen-bond acceptors (Lipinski definition) is 1. The van der Waals surface area contributed by atoms with Crippen LogP contribution in [-0.2, 0) is 19.3 Å². The van der Waals surface area contributed by atoms with Crippen molar-refractivity contribution in [1.29, 1.82) is 0 Å². The Balaban J connectivity index is 1.99. The van der Waals surface area contributed by atoms with E-state index in [0.717, 1.165) is 23.7 Å². The van der Waals surface area contributed by atoms with Gasteiger partial charge in [0.1, 0.15) is 0 Å². The summed E-state index contributed by atoms with van der Waals surface area (Å²) in [5.74, 6) is 0.281. The molecule has 0 saturated heterocycles. The quantitative estimate of drug-likeness (QED) is 0.830. The van der Waals surface area contributed by atoms with E-state index in [0.29, 0.717) is 0 Å². The summed E-state index contributed by atoms with van der Waals surface area (Å²) in [4.78, 5) is 0. The fraction of sp³-hybridized carbons (Fsp3) is 0.333. The van der Waals surface area contributed by atoms with Crippen molar-refractivity contribution in [3.05, 3.63) is 69.7 Å². The fourth-order valence-electron chi connectivity index (χ4n) is 2.40. The first kappa shape index (κ1) is 15.3. The maximum Gasteiger partial charge on any atom is 0.0465 e. The average Bonchev–Trinajstić information content (AvgIpc) is 2.49. The van der Waals surface area contributed by atoms with Crippen molar-refractivity contribution >= 4 is 15.9 Å². The Morgan fingerprint density at radius 3 is 1.75 bits per heavy atom. The number of aryl methyl sites for hydroxylation is 1. The van der Waals surface area contributed by atoms with Gasteiger partial charge in [0.25, 0.3) is 0 Å². The minimum atomic E-state index is 0.228. The van der Waals surface area contributed by atoms with Crippen LogP contribution in [0.2, 0.25) is 0 Å². The molecule has 1 atom stereocenters. The molecule has 0 radical (unpaired) electrons. The molecular formula is C18H21BrO. The molecule has 0 bridgehead atoms. The van der Waals surface area contributed by atoms with E-state index in [4.69, 9.17) is 0 Å². The smallest absolute Gasteiger partial charge is 0.0465 e. The third kappa shape index (κ3) is 4.46. The third-order valence-electron chi connectivity index (χ3n) is 3.65. The van der Waals surface area contributed by atoms with Gasteiger partial charge in [-0.3, -0.25) is 0 Å². The topological polar surface area (TPSA) is 20.2 Å². The third-order valence-corrected chi connectivity index (χ3v) is 4.18. The summed E-state index contributed by atoms with van der Waals surface area (Å²) < 4.78 is 1.09. The number of aliphatic hydroxyl groups excluding tert-OH is 1. The van der Waals surface area contributed by atoms with Gasteiger partial charge in [0.2, 0.25) is 0 Å². The van der Waals surface area contributed by atoms with Crippen LogP contribution in [0, 0.1) is 5.92 Å². The van der Waals surface area contributed by atoms with Crippen LogP contribution < -0.4 is 0 Å². The van der Waals surface area contributed by atoms with Gasteiger partial charge in [-0.25, -0.2) is 0 Å². The molecule has 1 nitrogen and oxygen atoms in total. The molecule has 106 valence electrons. The summed E-state index contributed by atoms with van der Waals surface area (Å²) in [5.41, 5.74) is 3.94. The van der Waals surface area contributed by atoms with Crippen LogP contribution in [0.3, 0.4) is 0 Å². The van der Waals surface area contributed by atoms with Gasteiger partial charge in [-0.15, -0.1) is 0 Å². The molecule has 1 N–H and O–H groups in total. The Bertz CT molecular complexity index is 516. The van der Waals surface area contributed by atoms with Gasteiger partial charge in [0.05, 0.1) is 0 Å². The van der Waals surface area contributed by atoms with E-state index in [1.54, 1.807) is 0 Å². The zero-order valence-corrected chi connectivity index (χ0v) is 13.4. The first-order valence-electron chi connectivity index (χ1n) is 7.14. The van der Waals surface area contributed by atoms with E-state index in [1.165, 1.54) is 16.7 Å². The number of rotatable bonds is 6. The lowest BCUT2D eigenvalue weighted by Gasteiger charge is -2.14. The van der Waals surface area contributed by atoms with Crippen LogP contribution in [0.4, 0.5) is 0 Å². The largest absolute Gasteiger partial charge is 0.396 e. The number of hydrogen-bond donors (Lipinski definition) is 1. The normalized spacial score (nSPS) is 12.3. The molecule has 2 rings (SSSR count). The molecule has 0 spiro atoms. The summed E-state index contributed by atoms with van der Waals surface area (Å²) in [5, 5.41) is 9.59. The average molecular weight is 333 g/mol. The highest BCUT2D eigenvalue weighted by molar-refractivity contribution is 9.10. The van der Waals surface area contributed by atoms with Crippen molar-refractivity contribution in [2.24, 2.45) is 5.92 Å². The molecule has 0 amide bonds.